The molecule has 3 amide bonds. The summed E-state index contributed by atoms with van der Waals surface area (Å²) in [6.45, 7) is 3.30. The summed E-state index contributed by atoms with van der Waals surface area (Å²) >= 11 is 0. The molecule has 0 unspecified atom stereocenters. The molecule has 0 saturated heterocycles. The van der Waals surface area contributed by atoms with Gasteiger partial charge in [-0.15, -0.1) is 15.0 Å². The predicted molar refractivity (Wildman–Crippen MR) is 130 cm³/mol. The van der Waals surface area contributed by atoms with Gasteiger partial charge in [-0.25, -0.2) is 0 Å². The van der Waals surface area contributed by atoms with Crippen molar-refractivity contribution in [2.24, 2.45) is 0 Å². The number of carbonyl (C=O) groups is 4. The van der Waals surface area contributed by atoms with Crippen LogP contribution in [0.4, 0.5) is 0 Å². The van der Waals surface area contributed by atoms with Crippen molar-refractivity contribution in [1.82, 2.24) is 24.8 Å². The van der Waals surface area contributed by atoms with Crippen molar-refractivity contribution in [2.75, 3.05) is 6.73 Å². The Balaban J connectivity index is 1.39. The number of imide groups is 1. The SMILES string of the molecule is C=C1C=CC(=O)N1COC(=O)CCc1cc(CN2C(=O)C=CC2=O)c(O)c(-n2nc3ccccc3n2)c1. The highest BCUT2D eigenvalue weighted by Gasteiger charge is 2.26. The van der Waals surface area contributed by atoms with Crippen LogP contribution in [0, 0.1) is 0 Å². The molecule has 0 bridgehead atoms. The van der Waals surface area contributed by atoms with Crippen molar-refractivity contribution in [1.29, 1.82) is 0 Å². The molecule has 2 aliphatic heterocycles. The lowest BCUT2D eigenvalue weighted by molar-refractivity contribution is -0.149. The third kappa shape index (κ3) is 4.74. The Kier molecular flexibility index (Phi) is 6.10. The molecule has 2 aromatic carbocycles. The average Bonchev–Trinajstić information content (AvgIpc) is 3.55. The number of esters is 1. The largest absolute Gasteiger partial charge is 0.505 e. The van der Waals surface area contributed by atoms with Crippen LogP contribution in [0.3, 0.4) is 0 Å². The van der Waals surface area contributed by atoms with Crippen LogP contribution in [-0.2, 0) is 36.9 Å². The molecule has 3 heterocycles. The summed E-state index contributed by atoms with van der Waals surface area (Å²) in [7, 11) is 0. The van der Waals surface area contributed by atoms with E-state index in [9.17, 15) is 24.3 Å². The Morgan fingerprint density at radius 1 is 0.919 bits per heavy atom. The van der Waals surface area contributed by atoms with E-state index in [1.54, 1.807) is 24.3 Å². The van der Waals surface area contributed by atoms with Crippen LogP contribution < -0.4 is 0 Å². The number of ether oxygens (including phenoxy) is 1. The monoisotopic (exact) mass is 499 g/mol. The Hall–Kier alpha value is -5.06. The van der Waals surface area contributed by atoms with Gasteiger partial charge in [0, 0.05) is 35.9 Å². The third-order valence-electron chi connectivity index (χ3n) is 5.96. The van der Waals surface area contributed by atoms with Crippen molar-refractivity contribution < 1.29 is 29.0 Å². The van der Waals surface area contributed by atoms with Crippen molar-refractivity contribution in [3.63, 3.8) is 0 Å². The molecule has 0 fully saturated rings. The lowest BCUT2D eigenvalue weighted by Crippen LogP contribution is -2.29. The molecule has 11 heteroatoms. The summed E-state index contributed by atoms with van der Waals surface area (Å²) in [6, 6.07) is 10.4. The second kappa shape index (κ2) is 9.53. The quantitative estimate of drug-likeness (QED) is 0.367. The number of hydrogen-bond donors (Lipinski definition) is 1. The van der Waals surface area contributed by atoms with Crippen LogP contribution in [0.5, 0.6) is 5.75 Å². The molecule has 1 N–H and O–H groups in total. The fourth-order valence-electron chi connectivity index (χ4n) is 3.98. The van der Waals surface area contributed by atoms with Crippen LogP contribution in [0.25, 0.3) is 16.7 Å². The first kappa shape index (κ1) is 23.7. The first-order valence-corrected chi connectivity index (χ1v) is 11.3. The molecule has 186 valence electrons. The first-order chi connectivity index (χ1) is 17.8. The third-order valence-corrected chi connectivity index (χ3v) is 5.96. The second-order valence-electron chi connectivity index (χ2n) is 8.43. The number of aromatic nitrogens is 3. The van der Waals surface area contributed by atoms with Crippen LogP contribution in [0.2, 0.25) is 0 Å². The summed E-state index contributed by atoms with van der Waals surface area (Å²) < 4.78 is 5.21. The lowest BCUT2D eigenvalue weighted by atomic mass is 10.0. The minimum absolute atomic E-state index is 0.0246. The maximum absolute atomic E-state index is 12.4. The van der Waals surface area contributed by atoms with Gasteiger partial charge in [0.05, 0.1) is 6.54 Å². The summed E-state index contributed by atoms with van der Waals surface area (Å²) in [5.41, 5.74) is 2.80. The molecular weight excluding hydrogens is 478 g/mol. The molecular formula is C26H21N5O6. The van der Waals surface area contributed by atoms with Gasteiger partial charge in [0.15, 0.2) is 6.73 Å². The second-order valence-corrected chi connectivity index (χ2v) is 8.43. The highest BCUT2D eigenvalue weighted by atomic mass is 16.5. The maximum Gasteiger partial charge on any atom is 0.307 e. The van der Waals surface area contributed by atoms with Crippen molar-refractivity contribution in [3.05, 3.63) is 84.1 Å². The number of phenolic OH excluding ortho intramolecular Hbond substituents is 1. The van der Waals surface area contributed by atoms with E-state index in [0.717, 1.165) is 17.1 Å². The smallest absolute Gasteiger partial charge is 0.307 e. The standard InChI is InChI=1S/C26H21N5O6/c1-16-6-8-24(34)30(16)15-37-25(35)11-7-17-12-18(14-29-22(32)9-10-23(29)33)26(36)21(13-17)31-27-19-4-2-3-5-20(19)28-31/h2-6,8-10,12-13,36H,1,7,11,14-15H2. The fourth-order valence-corrected chi connectivity index (χ4v) is 3.98. The van der Waals surface area contributed by atoms with Crippen molar-refractivity contribution >= 4 is 34.7 Å². The zero-order valence-corrected chi connectivity index (χ0v) is 19.5. The summed E-state index contributed by atoms with van der Waals surface area (Å²) in [5, 5.41) is 19.9. The Morgan fingerprint density at radius 2 is 1.54 bits per heavy atom. The van der Waals surface area contributed by atoms with Gasteiger partial charge in [-0.1, -0.05) is 24.8 Å². The molecule has 0 radical (unpaired) electrons. The van der Waals surface area contributed by atoms with Crippen molar-refractivity contribution in [2.45, 2.75) is 19.4 Å². The normalized spacial score (nSPS) is 15.0. The molecule has 1 aromatic heterocycles. The minimum Gasteiger partial charge on any atom is -0.505 e. The number of amides is 3. The average molecular weight is 499 g/mol. The molecule has 0 atom stereocenters. The summed E-state index contributed by atoms with van der Waals surface area (Å²) in [5.74, 6) is -2.03. The lowest BCUT2D eigenvalue weighted by Gasteiger charge is -2.18. The van der Waals surface area contributed by atoms with Gasteiger partial charge in [0.1, 0.15) is 22.5 Å². The summed E-state index contributed by atoms with van der Waals surface area (Å²) in [6.07, 6.45) is 5.40. The zero-order chi connectivity index (χ0) is 26.1. The number of phenols is 1. The van der Waals surface area contributed by atoms with Gasteiger partial charge in [0.2, 0.25) is 0 Å². The summed E-state index contributed by atoms with van der Waals surface area (Å²) in [4.78, 5) is 51.9. The maximum atomic E-state index is 12.4. The molecule has 0 spiro atoms. The molecule has 2 aliphatic rings. The molecule has 37 heavy (non-hydrogen) atoms. The minimum atomic E-state index is -0.541. The van der Waals surface area contributed by atoms with Crippen LogP contribution >= 0.6 is 0 Å². The first-order valence-electron chi connectivity index (χ1n) is 11.3. The molecule has 0 saturated carbocycles. The Labute approximate surface area is 210 Å². The highest BCUT2D eigenvalue weighted by molar-refractivity contribution is 6.12. The van der Waals surface area contributed by atoms with E-state index in [1.165, 1.54) is 21.8 Å². The fraction of sp³-hybridized carbons (Fsp3) is 0.154. The van der Waals surface area contributed by atoms with Crippen molar-refractivity contribution in [3.8, 4) is 11.4 Å². The van der Waals surface area contributed by atoms with Gasteiger partial charge in [-0.3, -0.25) is 29.0 Å². The highest BCUT2D eigenvalue weighted by Crippen LogP contribution is 2.30. The van der Waals surface area contributed by atoms with E-state index in [1.807, 2.05) is 12.1 Å². The van der Waals surface area contributed by atoms with Gasteiger partial charge in [0.25, 0.3) is 17.7 Å². The number of rotatable bonds is 8. The number of hydrogen-bond acceptors (Lipinski definition) is 8. The van der Waals surface area contributed by atoms with E-state index in [2.05, 4.69) is 16.8 Å². The van der Waals surface area contributed by atoms with Gasteiger partial charge >= 0.3 is 5.97 Å². The number of benzene rings is 2. The molecule has 3 aromatic rings. The number of nitrogens with zero attached hydrogens (tertiary/aromatic N) is 5. The number of allylic oxidation sites excluding steroid dienone is 1. The van der Waals surface area contributed by atoms with Gasteiger partial charge in [-0.2, -0.15) is 0 Å². The van der Waals surface area contributed by atoms with E-state index in [4.69, 9.17) is 4.74 Å². The van der Waals surface area contributed by atoms with Gasteiger partial charge < -0.3 is 9.84 Å². The number of aromatic hydroxyl groups is 1. The van der Waals surface area contributed by atoms with Crippen LogP contribution in [0.1, 0.15) is 17.5 Å². The number of fused-ring (bicyclic) bond motifs is 1. The van der Waals surface area contributed by atoms with Crippen LogP contribution in [0.15, 0.2) is 73.0 Å². The topological polar surface area (TPSA) is 135 Å². The number of aryl methyl sites for hydroxylation is 1. The van der Waals surface area contributed by atoms with E-state index < -0.39 is 17.8 Å². The Bertz CT molecular complexity index is 1470. The van der Waals surface area contributed by atoms with Crippen LogP contribution in [-0.4, -0.2) is 60.3 Å². The zero-order valence-electron chi connectivity index (χ0n) is 19.5. The molecule has 11 nitrogen and oxygen atoms in total. The number of carbonyl (C=O) groups excluding carboxylic acids is 4. The van der Waals surface area contributed by atoms with Gasteiger partial charge in [-0.05, 0) is 36.3 Å². The Morgan fingerprint density at radius 3 is 2.16 bits per heavy atom. The van der Waals surface area contributed by atoms with E-state index >= 15 is 0 Å². The molecule has 5 rings (SSSR count). The van der Waals surface area contributed by atoms with E-state index in [-0.39, 0.29) is 49.0 Å². The van der Waals surface area contributed by atoms with E-state index in [0.29, 0.717) is 22.3 Å². The predicted octanol–water partition coefficient (Wildman–Crippen LogP) is 1.90. The molecule has 0 aliphatic carbocycles.